The van der Waals surface area contributed by atoms with Crippen LogP contribution in [0, 0.1) is 11.8 Å². The molecule has 3 atom stereocenters. The summed E-state index contributed by atoms with van der Waals surface area (Å²) in [6, 6.07) is -0.532. The van der Waals surface area contributed by atoms with Crippen molar-refractivity contribution in [3.05, 3.63) is 28.2 Å². The Morgan fingerprint density at radius 3 is 2.57 bits per heavy atom. The van der Waals surface area contributed by atoms with Gasteiger partial charge in [0.1, 0.15) is 21.3 Å². The number of carbonyl (C=O) groups excluding carboxylic acids is 4. The zero-order valence-corrected chi connectivity index (χ0v) is 28.4. The molecule has 0 bridgehead atoms. The van der Waals surface area contributed by atoms with Crippen molar-refractivity contribution in [3.63, 3.8) is 0 Å². The lowest BCUT2D eigenvalue weighted by atomic mass is 9.98. The van der Waals surface area contributed by atoms with Gasteiger partial charge in [0.2, 0.25) is 11.8 Å². The minimum absolute atomic E-state index is 0.00143. The molecule has 0 spiro atoms. The van der Waals surface area contributed by atoms with Gasteiger partial charge in [-0.05, 0) is 38.5 Å². The van der Waals surface area contributed by atoms with Crippen LogP contribution in [0.3, 0.4) is 0 Å². The number of thioether (sulfide) groups is 2. The minimum Gasteiger partial charge on any atom is -0.350 e. The summed E-state index contributed by atoms with van der Waals surface area (Å²) in [7, 11) is 0. The fourth-order valence-corrected chi connectivity index (χ4v) is 7.09. The maximum absolute atomic E-state index is 13.0. The van der Waals surface area contributed by atoms with Crippen LogP contribution in [-0.4, -0.2) is 55.8 Å². The number of nitrogens with zero attached hydrogens (tertiary/aromatic N) is 2. The Balaban J connectivity index is 1.72. The highest BCUT2D eigenvalue weighted by Crippen LogP contribution is 2.32. The SMILES string of the molecule is CCCCCCCC(=O)SCCC=CC(C)CC(=O)NCc1nc(C2=NC(C)(C(=O)NC(C(C)=O)C(C)C)CS2)cs1. The van der Waals surface area contributed by atoms with Crippen LogP contribution in [-0.2, 0) is 25.7 Å². The van der Waals surface area contributed by atoms with E-state index in [1.54, 1.807) is 6.92 Å². The average molecular weight is 637 g/mol. The van der Waals surface area contributed by atoms with Gasteiger partial charge in [0, 0.05) is 29.7 Å². The summed E-state index contributed by atoms with van der Waals surface area (Å²) in [6.07, 6.45) is 11.8. The first-order chi connectivity index (χ1) is 19.9. The van der Waals surface area contributed by atoms with Crippen LogP contribution in [0.15, 0.2) is 22.5 Å². The summed E-state index contributed by atoms with van der Waals surface area (Å²) in [5, 5.41) is 9.44. The Labute approximate surface area is 264 Å². The number of nitrogens with one attached hydrogen (secondary N) is 2. The third-order valence-corrected chi connectivity index (χ3v) is 10.0. The molecule has 0 radical (unpaired) electrons. The smallest absolute Gasteiger partial charge is 0.249 e. The molecule has 234 valence electrons. The Bertz CT molecular complexity index is 1120. The summed E-state index contributed by atoms with van der Waals surface area (Å²) >= 11 is 4.33. The fourth-order valence-electron chi connectivity index (χ4n) is 4.39. The Morgan fingerprint density at radius 2 is 1.88 bits per heavy atom. The molecule has 2 rings (SSSR count). The van der Waals surface area contributed by atoms with Gasteiger partial charge in [-0.2, -0.15) is 0 Å². The number of ketones is 1. The van der Waals surface area contributed by atoms with E-state index in [1.807, 2.05) is 32.2 Å². The molecule has 1 aromatic rings. The second-order valence-electron chi connectivity index (χ2n) is 11.5. The molecular weight excluding hydrogens is 589 g/mol. The van der Waals surface area contributed by atoms with Gasteiger partial charge in [-0.25, -0.2) is 4.98 Å². The van der Waals surface area contributed by atoms with E-state index in [0.29, 0.717) is 35.9 Å². The van der Waals surface area contributed by atoms with Gasteiger partial charge in [0.05, 0.1) is 12.6 Å². The minimum atomic E-state index is -0.966. The number of hydrogen-bond donors (Lipinski definition) is 2. The predicted molar refractivity (Wildman–Crippen MR) is 177 cm³/mol. The van der Waals surface area contributed by atoms with Crippen LogP contribution >= 0.6 is 34.9 Å². The van der Waals surface area contributed by atoms with Gasteiger partial charge in [-0.3, -0.25) is 24.2 Å². The summed E-state index contributed by atoms with van der Waals surface area (Å²) in [5.41, 5.74) is -0.270. The molecule has 3 unspecified atom stereocenters. The number of thiazole rings is 1. The lowest BCUT2D eigenvalue weighted by molar-refractivity contribution is -0.130. The molecule has 1 aliphatic heterocycles. The lowest BCUT2D eigenvalue weighted by Crippen LogP contribution is -2.51. The van der Waals surface area contributed by atoms with Crippen LogP contribution in [0.1, 0.15) is 104 Å². The first-order valence-corrected chi connectivity index (χ1v) is 17.9. The molecule has 0 saturated heterocycles. The molecule has 2 N–H and O–H groups in total. The quantitative estimate of drug-likeness (QED) is 0.135. The molecular formula is C31H48N4O4S3. The summed E-state index contributed by atoms with van der Waals surface area (Å²) in [5.74, 6) is 0.976. The van der Waals surface area contributed by atoms with Crippen LogP contribution in [0.25, 0.3) is 0 Å². The van der Waals surface area contributed by atoms with Crippen molar-refractivity contribution in [1.29, 1.82) is 0 Å². The third kappa shape index (κ3) is 12.7. The number of aromatic nitrogens is 1. The zero-order valence-electron chi connectivity index (χ0n) is 26.0. The summed E-state index contributed by atoms with van der Waals surface area (Å²) in [4.78, 5) is 58.6. The average Bonchev–Trinajstić information content (AvgIpc) is 3.57. The number of hydrogen-bond acceptors (Lipinski definition) is 9. The van der Waals surface area contributed by atoms with E-state index in [-0.39, 0.29) is 34.5 Å². The number of rotatable bonds is 19. The Hall–Kier alpha value is -1.98. The normalized spacial score (nSPS) is 18.2. The first-order valence-electron chi connectivity index (χ1n) is 15.0. The van der Waals surface area contributed by atoms with Crippen LogP contribution in [0.5, 0.6) is 0 Å². The third-order valence-electron chi connectivity index (χ3n) is 6.93. The standard InChI is InChI=1S/C31H48N4O4S3/c1-7-8-9-10-11-15-27(38)40-16-13-12-14-22(4)17-25(37)32-18-26-33-24(19-41-26)29-35-31(6,20-42-29)30(39)34-28(21(2)3)23(5)36/h12,14,19,21-22,28H,7-11,13,15-18,20H2,1-6H3,(H,32,37)(H,34,39). The molecule has 0 aromatic carbocycles. The molecule has 8 nitrogen and oxygen atoms in total. The largest absolute Gasteiger partial charge is 0.350 e. The zero-order chi connectivity index (χ0) is 31.1. The number of amides is 2. The predicted octanol–water partition coefficient (Wildman–Crippen LogP) is 6.33. The number of allylic oxidation sites excluding steroid dienone is 2. The van der Waals surface area contributed by atoms with Crippen LogP contribution in [0.2, 0.25) is 0 Å². The van der Waals surface area contributed by atoms with E-state index < -0.39 is 11.6 Å². The molecule has 11 heteroatoms. The molecule has 42 heavy (non-hydrogen) atoms. The van der Waals surface area contributed by atoms with E-state index in [1.165, 1.54) is 61.0 Å². The van der Waals surface area contributed by atoms with Crippen molar-refractivity contribution < 1.29 is 19.2 Å². The van der Waals surface area contributed by atoms with Crippen molar-refractivity contribution in [2.45, 2.75) is 111 Å². The van der Waals surface area contributed by atoms with Gasteiger partial charge in [0.25, 0.3) is 0 Å². The van der Waals surface area contributed by atoms with Gasteiger partial charge >= 0.3 is 0 Å². The summed E-state index contributed by atoms with van der Waals surface area (Å²) in [6.45, 7) is 11.6. The summed E-state index contributed by atoms with van der Waals surface area (Å²) < 4.78 is 0. The van der Waals surface area contributed by atoms with Gasteiger partial charge in [-0.15, -0.1) is 23.1 Å². The van der Waals surface area contributed by atoms with Crippen molar-refractivity contribution in [3.8, 4) is 0 Å². The van der Waals surface area contributed by atoms with E-state index in [0.717, 1.165) is 30.0 Å². The number of carbonyl (C=O) groups is 4. The molecule has 0 fully saturated rings. The van der Waals surface area contributed by atoms with Crippen LogP contribution in [0.4, 0.5) is 0 Å². The molecule has 0 saturated carbocycles. The second-order valence-corrected chi connectivity index (χ2v) is 14.5. The van der Waals surface area contributed by atoms with Crippen molar-refractivity contribution in [1.82, 2.24) is 15.6 Å². The number of unbranched alkanes of at least 4 members (excludes halogenated alkanes) is 4. The van der Waals surface area contributed by atoms with E-state index >= 15 is 0 Å². The molecule has 2 heterocycles. The van der Waals surface area contributed by atoms with E-state index in [4.69, 9.17) is 0 Å². The highest BCUT2D eigenvalue weighted by atomic mass is 32.2. The fraction of sp³-hybridized carbons (Fsp3) is 0.677. The van der Waals surface area contributed by atoms with E-state index in [2.05, 4.69) is 33.6 Å². The Kier molecular flexibility index (Phi) is 16.1. The molecule has 1 aliphatic rings. The molecule has 2 amide bonds. The monoisotopic (exact) mass is 636 g/mol. The van der Waals surface area contributed by atoms with Gasteiger partial charge < -0.3 is 10.6 Å². The topological polar surface area (TPSA) is 118 Å². The highest BCUT2D eigenvalue weighted by Gasteiger charge is 2.40. The van der Waals surface area contributed by atoms with Gasteiger partial charge in [-0.1, -0.05) is 77.3 Å². The number of aliphatic imine (C=N–C) groups is 1. The maximum atomic E-state index is 13.0. The molecule has 1 aromatic heterocycles. The Morgan fingerprint density at radius 1 is 1.14 bits per heavy atom. The van der Waals surface area contributed by atoms with Crippen LogP contribution < -0.4 is 10.6 Å². The van der Waals surface area contributed by atoms with E-state index in [9.17, 15) is 19.2 Å². The maximum Gasteiger partial charge on any atom is 0.249 e. The second kappa shape index (κ2) is 18.6. The highest BCUT2D eigenvalue weighted by molar-refractivity contribution is 8.14. The van der Waals surface area contributed by atoms with Crippen molar-refractivity contribution >= 4 is 62.6 Å². The number of Topliss-reactive ketones (excluding diaryl/α,β-unsaturated/α-hetero) is 1. The van der Waals surface area contributed by atoms with Crippen molar-refractivity contribution in [2.24, 2.45) is 16.8 Å². The molecule has 0 aliphatic carbocycles. The van der Waals surface area contributed by atoms with Crippen molar-refractivity contribution in [2.75, 3.05) is 11.5 Å². The first kappa shape index (κ1) is 36.2. The van der Waals surface area contributed by atoms with Gasteiger partial charge in [0.15, 0.2) is 10.9 Å². The lowest BCUT2D eigenvalue weighted by Gasteiger charge is -2.25.